The van der Waals surface area contributed by atoms with Gasteiger partial charge in [-0.05, 0) is 83.5 Å². The summed E-state index contributed by atoms with van der Waals surface area (Å²) in [6.45, 7) is 6.48. The van der Waals surface area contributed by atoms with E-state index in [1.165, 1.54) is 154 Å². The lowest BCUT2D eigenvalue weighted by Crippen LogP contribution is -2.30. The highest BCUT2D eigenvalue weighted by Gasteiger charge is 2.19. The van der Waals surface area contributed by atoms with Crippen LogP contribution in [0.1, 0.15) is 284 Å². The Morgan fingerprint density at radius 3 is 0.971 bits per heavy atom. The summed E-state index contributed by atoms with van der Waals surface area (Å²) < 4.78 is 16.8. The molecule has 68 heavy (non-hydrogen) atoms. The van der Waals surface area contributed by atoms with Crippen LogP contribution in [0.25, 0.3) is 0 Å². The van der Waals surface area contributed by atoms with Crippen LogP contribution >= 0.6 is 0 Å². The summed E-state index contributed by atoms with van der Waals surface area (Å²) in [7, 11) is 0. The van der Waals surface area contributed by atoms with Crippen molar-refractivity contribution in [3.05, 3.63) is 72.9 Å². The molecule has 0 saturated heterocycles. The Hall–Kier alpha value is -3.15. The second-order valence-electron chi connectivity index (χ2n) is 19.2. The Morgan fingerprint density at radius 1 is 0.309 bits per heavy atom. The number of hydrogen-bond donors (Lipinski definition) is 0. The van der Waals surface area contributed by atoms with Gasteiger partial charge in [-0.25, -0.2) is 0 Å². The minimum absolute atomic E-state index is 0.0974. The average Bonchev–Trinajstić information content (AvgIpc) is 3.34. The summed E-state index contributed by atoms with van der Waals surface area (Å²) in [5, 5.41) is 0. The molecular weight excluding hydrogens is 841 g/mol. The van der Waals surface area contributed by atoms with Gasteiger partial charge in [0, 0.05) is 19.3 Å². The number of carbonyl (C=O) groups is 3. The van der Waals surface area contributed by atoms with Crippen molar-refractivity contribution in [2.45, 2.75) is 290 Å². The summed E-state index contributed by atoms with van der Waals surface area (Å²) in [5.74, 6) is -0.953. The first-order valence-corrected chi connectivity index (χ1v) is 28.9. The molecule has 0 aliphatic rings. The standard InChI is InChI=1S/C62H108O6/c1-4-7-10-13-16-19-22-25-28-30-31-33-34-37-40-43-46-49-52-55-61(64)67-58-59(57-66-60(63)54-51-48-45-42-39-36-27-24-21-18-15-12-9-6-3)68-62(65)56-53-50-47-44-41-38-35-32-29-26-23-20-17-14-11-8-5-2/h9,12,17-18,20-21,26,29,35,38,44,47,59H,4-8,10-11,13-16,19,22-25,27-28,30-34,36-37,39-43,45-46,48-58H2,1-3H3/b12-9-,20-17-,21-18-,29-26-,38-35-,47-44-. The lowest BCUT2D eigenvalue weighted by molar-refractivity contribution is -0.167. The van der Waals surface area contributed by atoms with Gasteiger partial charge in [0.2, 0.25) is 0 Å². The molecule has 0 aliphatic heterocycles. The Labute approximate surface area is 421 Å². The zero-order valence-corrected chi connectivity index (χ0v) is 44.9. The summed E-state index contributed by atoms with van der Waals surface area (Å²) in [5.41, 5.74) is 0. The fourth-order valence-corrected chi connectivity index (χ4v) is 8.12. The monoisotopic (exact) mass is 949 g/mol. The van der Waals surface area contributed by atoms with Crippen molar-refractivity contribution in [2.75, 3.05) is 13.2 Å². The predicted octanol–water partition coefficient (Wildman–Crippen LogP) is 19.4. The summed E-state index contributed by atoms with van der Waals surface area (Å²) in [4.78, 5) is 38.1. The first-order valence-electron chi connectivity index (χ1n) is 28.9. The van der Waals surface area contributed by atoms with E-state index in [1.54, 1.807) is 0 Å². The molecule has 0 aromatic carbocycles. The maximum Gasteiger partial charge on any atom is 0.306 e. The molecular formula is C62H108O6. The molecule has 1 atom stereocenters. The van der Waals surface area contributed by atoms with Gasteiger partial charge in [0.1, 0.15) is 13.2 Å². The lowest BCUT2D eigenvalue weighted by Gasteiger charge is -2.18. The van der Waals surface area contributed by atoms with Crippen molar-refractivity contribution in [3.8, 4) is 0 Å². The van der Waals surface area contributed by atoms with Gasteiger partial charge >= 0.3 is 17.9 Å². The van der Waals surface area contributed by atoms with Crippen LogP contribution in [0.15, 0.2) is 72.9 Å². The van der Waals surface area contributed by atoms with Crippen molar-refractivity contribution in [1.82, 2.24) is 0 Å². The second-order valence-corrected chi connectivity index (χ2v) is 19.2. The number of rotatable bonds is 52. The fraction of sp³-hybridized carbons (Fsp3) is 0.758. The maximum atomic E-state index is 12.8. The number of allylic oxidation sites excluding steroid dienone is 12. The normalized spacial score (nSPS) is 12.6. The smallest absolute Gasteiger partial charge is 0.306 e. The first kappa shape index (κ1) is 64.8. The van der Waals surface area contributed by atoms with E-state index in [4.69, 9.17) is 14.2 Å². The number of hydrogen-bond acceptors (Lipinski definition) is 6. The molecule has 0 aromatic heterocycles. The molecule has 0 aromatic rings. The highest BCUT2D eigenvalue weighted by Crippen LogP contribution is 2.16. The zero-order chi connectivity index (χ0) is 49.3. The van der Waals surface area contributed by atoms with E-state index in [2.05, 4.69) is 93.7 Å². The molecule has 0 bridgehead atoms. The molecule has 0 aliphatic carbocycles. The molecule has 1 unspecified atom stereocenters. The molecule has 0 fully saturated rings. The first-order chi connectivity index (χ1) is 33.5. The minimum atomic E-state index is -0.806. The van der Waals surface area contributed by atoms with Crippen molar-refractivity contribution in [3.63, 3.8) is 0 Å². The molecule has 0 saturated carbocycles. The van der Waals surface area contributed by atoms with E-state index in [0.717, 1.165) is 83.5 Å². The SMILES string of the molecule is CC/C=C\C/C=C\CCCCCCCCCC(=O)OCC(COC(=O)CCCCCCCCCCCCCCCCCCCCC)OC(=O)CCC/C=C\C/C=C\C/C=C\C/C=C\CCCCC. The van der Waals surface area contributed by atoms with Gasteiger partial charge in [0.05, 0.1) is 0 Å². The van der Waals surface area contributed by atoms with Crippen molar-refractivity contribution >= 4 is 17.9 Å². The lowest BCUT2D eigenvalue weighted by atomic mass is 10.0. The summed E-state index contributed by atoms with van der Waals surface area (Å²) in [6.07, 6.45) is 71.9. The average molecular weight is 950 g/mol. The Morgan fingerprint density at radius 2 is 0.588 bits per heavy atom. The Bertz CT molecular complexity index is 1270. The maximum absolute atomic E-state index is 12.8. The van der Waals surface area contributed by atoms with Crippen LogP contribution in [0.2, 0.25) is 0 Å². The molecule has 0 N–H and O–H groups in total. The zero-order valence-electron chi connectivity index (χ0n) is 44.9. The third-order valence-electron chi connectivity index (χ3n) is 12.4. The highest BCUT2D eigenvalue weighted by atomic mass is 16.6. The molecule has 0 spiro atoms. The molecule has 6 nitrogen and oxygen atoms in total. The van der Waals surface area contributed by atoms with E-state index in [9.17, 15) is 14.4 Å². The van der Waals surface area contributed by atoms with Gasteiger partial charge in [-0.3, -0.25) is 14.4 Å². The number of unbranched alkanes of at least 4 members (excludes halogenated alkanes) is 29. The Kier molecular flexibility index (Phi) is 53.8. The van der Waals surface area contributed by atoms with Gasteiger partial charge in [-0.15, -0.1) is 0 Å². The summed E-state index contributed by atoms with van der Waals surface area (Å²) in [6, 6.07) is 0. The van der Waals surface area contributed by atoms with Crippen LogP contribution in [0.5, 0.6) is 0 Å². The van der Waals surface area contributed by atoms with E-state index < -0.39 is 6.10 Å². The van der Waals surface area contributed by atoms with Crippen molar-refractivity contribution in [1.29, 1.82) is 0 Å². The fourth-order valence-electron chi connectivity index (χ4n) is 8.12. The van der Waals surface area contributed by atoms with E-state index in [0.29, 0.717) is 19.3 Å². The van der Waals surface area contributed by atoms with Crippen LogP contribution in [0, 0.1) is 0 Å². The van der Waals surface area contributed by atoms with E-state index >= 15 is 0 Å². The van der Waals surface area contributed by atoms with Crippen LogP contribution in [0.3, 0.4) is 0 Å². The van der Waals surface area contributed by atoms with Gasteiger partial charge in [-0.2, -0.15) is 0 Å². The molecule has 0 amide bonds. The third kappa shape index (κ3) is 53.8. The molecule has 0 radical (unpaired) electrons. The second kappa shape index (κ2) is 56.4. The van der Waals surface area contributed by atoms with Gasteiger partial charge < -0.3 is 14.2 Å². The molecule has 6 heteroatoms. The quantitative estimate of drug-likeness (QED) is 0.0262. The Balaban J connectivity index is 4.42. The largest absolute Gasteiger partial charge is 0.462 e. The van der Waals surface area contributed by atoms with Crippen LogP contribution in [0.4, 0.5) is 0 Å². The third-order valence-corrected chi connectivity index (χ3v) is 12.4. The van der Waals surface area contributed by atoms with E-state index in [-0.39, 0.29) is 37.5 Å². The topological polar surface area (TPSA) is 78.9 Å². The van der Waals surface area contributed by atoms with Gasteiger partial charge in [0.25, 0.3) is 0 Å². The predicted molar refractivity (Wildman–Crippen MR) is 293 cm³/mol. The number of carbonyl (C=O) groups excluding carboxylic acids is 3. The summed E-state index contributed by atoms with van der Waals surface area (Å²) >= 11 is 0. The van der Waals surface area contributed by atoms with Crippen LogP contribution in [-0.2, 0) is 28.6 Å². The highest BCUT2D eigenvalue weighted by molar-refractivity contribution is 5.71. The van der Waals surface area contributed by atoms with Crippen molar-refractivity contribution < 1.29 is 28.6 Å². The van der Waals surface area contributed by atoms with Crippen molar-refractivity contribution in [2.24, 2.45) is 0 Å². The number of esters is 3. The van der Waals surface area contributed by atoms with E-state index in [1.807, 2.05) is 0 Å². The molecule has 0 heterocycles. The van der Waals surface area contributed by atoms with Crippen LogP contribution < -0.4 is 0 Å². The van der Waals surface area contributed by atoms with Gasteiger partial charge in [0.15, 0.2) is 6.10 Å². The van der Waals surface area contributed by atoms with Crippen LogP contribution in [-0.4, -0.2) is 37.2 Å². The minimum Gasteiger partial charge on any atom is -0.462 e. The molecule has 392 valence electrons. The number of ether oxygens (including phenoxy) is 3. The molecule has 0 rings (SSSR count). The van der Waals surface area contributed by atoms with Gasteiger partial charge in [-0.1, -0.05) is 254 Å².